The number of nitrogens with zero attached hydrogens (tertiary/aromatic N) is 2. The smallest absolute Gasteiger partial charge is 0.0224 e. The second-order valence-electron chi connectivity index (χ2n) is 5.79. The lowest BCUT2D eigenvalue weighted by Gasteiger charge is -2.50. The van der Waals surface area contributed by atoms with Gasteiger partial charge in [-0.15, -0.1) is 0 Å². The standard InChI is InChI=1S/C13H27N3/c1-10-8-15-7-5-4-6-13(15)9-16(10)12(3)11(2)14/h10-13H,4-9,14H2,1-3H3. The summed E-state index contributed by atoms with van der Waals surface area (Å²) in [5.74, 6) is 0. The summed E-state index contributed by atoms with van der Waals surface area (Å²) in [7, 11) is 0. The quantitative estimate of drug-likeness (QED) is 0.768. The van der Waals surface area contributed by atoms with Gasteiger partial charge in [0.25, 0.3) is 0 Å². The van der Waals surface area contributed by atoms with Crippen LogP contribution in [0, 0.1) is 0 Å². The van der Waals surface area contributed by atoms with Gasteiger partial charge in [-0.2, -0.15) is 0 Å². The number of hydrogen-bond acceptors (Lipinski definition) is 3. The summed E-state index contributed by atoms with van der Waals surface area (Å²) in [5.41, 5.74) is 6.04. The molecule has 0 spiro atoms. The first-order chi connectivity index (χ1) is 7.59. The molecule has 0 amide bonds. The monoisotopic (exact) mass is 225 g/mol. The Hall–Kier alpha value is -0.120. The molecule has 2 heterocycles. The zero-order valence-corrected chi connectivity index (χ0v) is 11.0. The van der Waals surface area contributed by atoms with Gasteiger partial charge in [-0.25, -0.2) is 0 Å². The molecule has 0 aromatic carbocycles. The molecule has 2 N–H and O–H groups in total. The first-order valence-electron chi connectivity index (χ1n) is 6.85. The fourth-order valence-corrected chi connectivity index (χ4v) is 3.24. The fraction of sp³-hybridized carbons (Fsp3) is 1.00. The van der Waals surface area contributed by atoms with Gasteiger partial charge in [0.1, 0.15) is 0 Å². The van der Waals surface area contributed by atoms with Crippen LogP contribution in [0.3, 0.4) is 0 Å². The first kappa shape index (κ1) is 12.3. The average Bonchev–Trinajstić information content (AvgIpc) is 2.27. The summed E-state index contributed by atoms with van der Waals surface area (Å²) in [6, 6.07) is 2.25. The lowest BCUT2D eigenvalue weighted by atomic mass is 9.95. The minimum atomic E-state index is 0.276. The Morgan fingerprint density at radius 1 is 1.19 bits per heavy atom. The third-order valence-electron chi connectivity index (χ3n) is 4.52. The van der Waals surface area contributed by atoms with Crippen molar-refractivity contribution in [3.05, 3.63) is 0 Å². The van der Waals surface area contributed by atoms with E-state index < -0.39 is 0 Å². The highest BCUT2D eigenvalue weighted by molar-refractivity contribution is 4.92. The topological polar surface area (TPSA) is 32.5 Å². The van der Waals surface area contributed by atoms with Gasteiger partial charge < -0.3 is 5.73 Å². The van der Waals surface area contributed by atoms with Crippen LogP contribution in [0.5, 0.6) is 0 Å². The van der Waals surface area contributed by atoms with Crippen molar-refractivity contribution in [1.82, 2.24) is 9.80 Å². The molecule has 2 rings (SSSR count). The predicted molar refractivity (Wildman–Crippen MR) is 68.5 cm³/mol. The van der Waals surface area contributed by atoms with E-state index in [0.717, 1.165) is 6.04 Å². The highest BCUT2D eigenvalue weighted by Gasteiger charge is 2.35. The molecule has 0 saturated carbocycles. The molecule has 0 aromatic heterocycles. The van der Waals surface area contributed by atoms with Crippen LogP contribution in [0.1, 0.15) is 40.0 Å². The first-order valence-corrected chi connectivity index (χ1v) is 6.85. The number of fused-ring (bicyclic) bond motifs is 1. The van der Waals surface area contributed by atoms with E-state index in [2.05, 4.69) is 30.6 Å². The molecule has 2 fully saturated rings. The van der Waals surface area contributed by atoms with E-state index in [9.17, 15) is 0 Å². The van der Waals surface area contributed by atoms with Crippen LogP contribution in [0.2, 0.25) is 0 Å². The minimum Gasteiger partial charge on any atom is -0.327 e. The molecular formula is C13H27N3. The maximum absolute atomic E-state index is 6.04. The molecule has 94 valence electrons. The second kappa shape index (κ2) is 5.03. The Labute approximate surface area is 100.0 Å². The third-order valence-corrected chi connectivity index (χ3v) is 4.52. The Balaban J connectivity index is 2.00. The van der Waals surface area contributed by atoms with E-state index in [1.165, 1.54) is 38.9 Å². The van der Waals surface area contributed by atoms with Gasteiger partial charge >= 0.3 is 0 Å². The van der Waals surface area contributed by atoms with Gasteiger partial charge in [0.15, 0.2) is 0 Å². The third kappa shape index (κ3) is 2.41. The predicted octanol–water partition coefficient (Wildman–Crippen LogP) is 1.28. The van der Waals surface area contributed by atoms with E-state index in [0.29, 0.717) is 12.1 Å². The summed E-state index contributed by atoms with van der Waals surface area (Å²) in [5, 5.41) is 0. The van der Waals surface area contributed by atoms with Crippen molar-refractivity contribution < 1.29 is 0 Å². The van der Waals surface area contributed by atoms with E-state index in [1.54, 1.807) is 0 Å². The van der Waals surface area contributed by atoms with Gasteiger partial charge in [-0.1, -0.05) is 6.42 Å². The van der Waals surface area contributed by atoms with Crippen LogP contribution < -0.4 is 5.73 Å². The maximum Gasteiger partial charge on any atom is 0.0224 e. The van der Waals surface area contributed by atoms with Crippen LogP contribution in [-0.2, 0) is 0 Å². The van der Waals surface area contributed by atoms with Gasteiger partial charge in [0.2, 0.25) is 0 Å². The second-order valence-corrected chi connectivity index (χ2v) is 5.79. The van der Waals surface area contributed by atoms with Crippen molar-refractivity contribution in [2.24, 2.45) is 5.73 Å². The van der Waals surface area contributed by atoms with Crippen LogP contribution in [0.15, 0.2) is 0 Å². The van der Waals surface area contributed by atoms with E-state index in [1.807, 2.05) is 0 Å². The Morgan fingerprint density at radius 3 is 2.62 bits per heavy atom. The summed E-state index contributed by atoms with van der Waals surface area (Å²) >= 11 is 0. The highest BCUT2D eigenvalue weighted by atomic mass is 15.3. The van der Waals surface area contributed by atoms with Crippen molar-refractivity contribution in [2.75, 3.05) is 19.6 Å². The highest BCUT2D eigenvalue weighted by Crippen LogP contribution is 2.25. The van der Waals surface area contributed by atoms with E-state index in [-0.39, 0.29) is 6.04 Å². The van der Waals surface area contributed by atoms with Crippen molar-refractivity contribution in [2.45, 2.75) is 64.2 Å². The molecule has 2 aliphatic heterocycles. The lowest BCUT2D eigenvalue weighted by Crippen LogP contribution is -2.62. The van der Waals surface area contributed by atoms with Crippen molar-refractivity contribution in [1.29, 1.82) is 0 Å². The number of piperidine rings is 1. The van der Waals surface area contributed by atoms with E-state index >= 15 is 0 Å². The van der Waals surface area contributed by atoms with Crippen LogP contribution in [0.25, 0.3) is 0 Å². The Kier molecular flexibility index (Phi) is 3.88. The molecule has 0 radical (unpaired) electrons. The van der Waals surface area contributed by atoms with Crippen molar-refractivity contribution in [3.8, 4) is 0 Å². The Bertz CT molecular complexity index is 229. The zero-order chi connectivity index (χ0) is 11.7. The molecule has 3 heteroatoms. The van der Waals surface area contributed by atoms with Crippen LogP contribution >= 0.6 is 0 Å². The normalized spacial score (nSPS) is 36.8. The number of hydrogen-bond donors (Lipinski definition) is 1. The number of nitrogens with two attached hydrogens (primary N) is 1. The summed E-state index contributed by atoms with van der Waals surface area (Å²) in [6.45, 7) is 10.5. The Morgan fingerprint density at radius 2 is 1.94 bits per heavy atom. The number of piperazine rings is 1. The SMILES string of the molecule is CC(N)C(C)N1CC2CCCCN2CC1C. The molecule has 4 unspecified atom stereocenters. The van der Waals surface area contributed by atoms with Gasteiger partial charge in [0, 0.05) is 37.3 Å². The molecule has 16 heavy (non-hydrogen) atoms. The van der Waals surface area contributed by atoms with Crippen molar-refractivity contribution in [3.63, 3.8) is 0 Å². The summed E-state index contributed by atoms with van der Waals surface area (Å²) < 4.78 is 0. The van der Waals surface area contributed by atoms with Gasteiger partial charge in [-0.3, -0.25) is 9.80 Å². The molecular weight excluding hydrogens is 198 g/mol. The zero-order valence-electron chi connectivity index (χ0n) is 11.0. The molecule has 4 atom stereocenters. The average molecular weight is 225 g/mol. The molecule has 0 bridgehead atoms. The van der Waals surface area contributed by atoms with Gasteiger partial charge in [-0.05, 0) is 40.2 Å². The maximum atomic E-state index is 6.04. The van der Waals surface area contributed by atoms with Crippen LogP contribution in [-0.4, -0.2) is 53.6 Å². The van der Waals surface area contributed by atoms with Crippen molar-refractivity contribution >= 4 is 0 Å². The van der Waals surface area contributed by atoms with Crippen LogP contribution in [0.4, 0.5) is 0 Å². The van der Waals surface area contributed by atoms with Gasteiger partial charge in [0.05, 0.1) is 0 Å². The molecule has 0 aliphatic carbocycles. The summed E-state index contributed by atoms with van der Waals surface area (Å²) in [6.07, 6.45) is 4.19. The molecule has 2 saturated heterocycles. The molecule has 0 aromatic rings. The number of rotatable bonds is 2. The lowest BCUT2D eigenvalue weighted by molar-refractivity contribution is -0.00801. The summed E-state index contributed by atoms with van der Waals surface area (Å²) in [4.78, 5) is 5.32. The molecule has 3 nitrogen and oxygen atoms in total. The van der Waals surface area contributed by atoms with E-state index in [4.69, 9.17) is 5.73 Å². The minimum absolute atomic E-state index is 0.276. The fourth-order valence-electron chi connectivity index (χ4n) is 3.24. The largest absolute Gasteiger partial charge is 0.327 e. The molecule has 2 aliphatic rings.